The second-order valence-corrected chi connectivity index (χ2v) is 6.20. The predicted octanol–water partition coefficient (Wildman–Crippen LogP) is 2.54. The molecule has 1 heterocycles. The molecule has 1 aromatic carbocycles. The standard InChI is InChI=1S/C14H15IN4OS/c15-11-8-17-19(9-11)7-1-2-13(20)18-12-5-3-10(4-6-12)14(16)21/h3-6,8-9H,1-2,7H2,(H2,16,21)(H,18,20). The zero-order valence-electron chi connectivity index (χ0n) is 11.3. The van der Waals surface area contributed by atoms with Crippen LogP contribution in [-0.2, 0) is 11.3 Å². The molecule has 2 rings (SSSR count). The van der Waals surface area contributed by atoms with Gasteiger partial charge in [0.2, 0.25) is 5.91 Å². The Bertz CT molecular complexity index is 639. The van der Waals surface area contributed by atoms with Gasteiger partial charge in [0.1, 0.15) is 4.99 Å². The summed E-state index contributed by atoms with van der Waals surface area (Å²) in [5.74, 6) is -0.0140. The number of nitrogens with one attached hydrogen (secondary N) is 1. The van der Waals surface area contributed by atoms with Gasteiger partial charge in [-0.3, -0.25) is 9.48 Å². The van der Waals surface area contributed by atoms with E-state index >= 15 is 0 Å². The molecule has 0 aliphatic heterocycles. The minimum Gasteiger partial charge on any atom is -0.389 e. The average molecular weight is 414 g/mol. The molecule has 1 amide bonds. The van der Waals surface area contributed by atoms with Crippen molar-refractivity contribution in [3.8, 4) is 0 Å². The Labute approximate surface area is 142 Å². The maximum absolute atomic E-state index is 11.8. The van der Waals surface area contributed by atoms with Gasteiger partial charge in [0, 0.05) is 30.4 Å². The third kappa shape index (κ3) is 5.09. The predicted molar refractivity (Wildman–Crippen MR) is 95.1 cm³/mol. The Morgan fingerprint density at radius 1 is 1.38 bits per heavy atom. The minimum absolute atomic E-state index is 0.0140. The first-order valence-electron chi connectivity index (χ1n) is 6.42. The molecule has 3 N–H and O–H groups in total. The molecule has 0 bridgehead atoms. The summed E-state index contributed by atoms with van der Waals surface area (Å²) in [6.45, 7) is 0.733. The molecule has 0 aliphatic carbocycles. The number of anilines is 1. The molecular formula is C14H15IN4OS. The highest BCUT2D eigenvalue weighted by atomic mass is 127. The van der Waals surface area contributed by atoms with Gasteiger partial charge in [0.25, 0.3) is 0 Å². The van der Waals surface area contributed by atoms with E-state index in [1.165, 1.54) is 0 Å². The fourth-order valence-electron chi connectivity index (χ4n) is 1.80. The summed E-state index contributed by atoms with van der Waals surface area (Å²) in [6, 6.07) is 7.18. The number of benzene rings is 1. The molecule has 0 unspecified atom stereocenters. The first-order chi connectivity index (χ1) is 10.0. The largest absolute Gasteiger partial charge is 0.389 e. The molecule has 0 atom stereocenters. The molecule has 0 spiro atoms. The van der Waals surface area contributed by atoms with Crippen LogP contribution in [-0.4, -0.2) is 20.7 Å². The van der Waals surface area contributed by atoms with Crippen molar-refractivity contribution in [2.75, 3.05) is 5.32 Å². The van der Waals surface area contributed by atoms with E-state index in [9.17, 15) is 4.79 Å². The van der Waals surface area contributed by atoms with Crippen LogP contribution in [0.1, 0.15) is 18.4 Å². The highest BCUT2D eigenvalue weighted by Gasteiger charge is 2.04. The van der Waals surface area contributed by atoms with Gasteiger partial charge >= 0.3 is 0 Å². The molecule has 5 nitrogen and oxygen atoms in total. The van der Waals surface area contributed by atoms with Crippen molar-refractivity contribution in [2.45, 2.75) is 19.4 Å². The number of aryl methyl sites for hydroxylation is 1. The molecule has 110 valence electrons. The zero-order valence-corrected chi connectivity index (χ0v) is 14.2. The van der Waals surface area contributed by atoms with Crippen molar-refractivity contribution >= 4 is 51.4 Å². The van der Waals surface area contributed by atoms with E-state index in [2.05, 4.69) is 33.0 Å². The van der Waals surface area contributed by atoms with Gasteiger partial charge in [-0.1, -0.05) is 12.2 Å². The second-order valence-electron chi connectivity index (χ2n) is 4.51. The number of thiocarbonyl (C=S) groups is 1. The quantitative estimate of drug-likeness (QED) is 0.563. The zero-order chi connectivity index (χ0) is 15.2. The van der Waals surface area contributed by atoms with Crippen LogP contribution in [0.5, 0.6) is 0 Å². The van der Waals surface area contributed by atoms with Gasteiger partial charge in [-0.25, -0.2) is 0 Å². The first kappa shape index (κ1) is 15.9. The smallest absolute Gasteiger partial charge is 0.224 e. The number of nitrogens with zero attached hydrogens (tertiary/aromatic N) is 2. The van der Waals surface area contributed by atoms with Crippen LogP contribution in [0.4, 0.5) is 5.69 Å². The maximum Gasteiger partial charge on any atom is 0.224 e. The van der Waals surface area contributed by atoms with Gasteiger partial charge < -0.3 is 11.1 Å². The number of nitrogens with two attached hydrogens (primary N) is 1. The topological polar surface area (TPSA) is 72.9 Å². The molecule has 0 saturated carbocycles. The Hall–Kier alpha value is -1.48. The average Bonchev–Trinajstić information content (AvgIpc) is 2.85. The Kier molecular flexibility index (Phi) is 5.68. The molecule has 0 aliphatic rings. The van der Waals surface area contributed by atoms with E-state index in [0.29, 0.717) is 11.4 Å². The van der Waals surface area contributed by atoms with E-state index in [-0.39, 0.29) is 5.91 Å². The van der Waals surface area contributed by atoms with Crippen LogP contribution in [0.3, 0.4) is 0 Å². The van der Waals surface area contributed by atoms with Crippen molar-refractivity contribution in [2.24, 2.45) is 5.73 Å². The molecule has 0 fully saturated rings. The number of hydrogen-bond acceptors (Lipinski definition) is 3. The second kappa shape index (κ2) is 7.51. The van der Waals surface area contributed by atoms with E-state index in [1.54, 1.807) is 30.5 Å². The summed E-state index contributed by atoms with van der Waals surface area (Å²) < 4.78 is 2.93. The van der Waals surface area contributed by atoms with Crippen LogP contribution in [0.25, 0.3) is 0 Å². The lowest BCUT2D eigenvalue weighted by molar-refractivity contribution is -0.116. The summed E-state index contributed by atoms with van der Waals surface area (Å²) in [5, 5.41) is 7.02. The van der Waals surface area contributed by atoms with Crippen LogP contribution < -0.4 is 11.1 Å². The number of rotatable bonds is 6. The van der Waals surface area contributed by atoms with Gasteiger partial charge in [-0.2, -0.15) is 5.10 Å². The molecule has 21 heavy (non-hydrogen) atoms. The SMILES string of the molecule is NC(=S)c1ccc(NC(=O)CCCn2cc(I)cn2)cc1. The van der Waals surface area contributed by atoms with Crippen LogP contribution in [0.2, 0.25) is 0 Å². The number of aromatic nitrogens is 2. The first-order valence-corrected chi connectivity index (χ1v) is 7.91. The summed E-state index contributed by atoms with van der Waals surface area (Å²) in [5.41, 5.74) is 7.06. The highest BCUT2D eigenvalue weighted by Crippen LogP contribution is 2.10. The lowest BCUT2D eigenvalue weighted by Crippen LogP contribution is -2.13. The number of hydrogen-bond donors (Lipinski definition) is 2. The minimum atomic E-state index is -0.0140. The Morgan fingerprint density at radius 2 is 2.10 bits per heavy atom. The fraction of sp³-hybridized carbons (Fsp3) is 0.214. The van der Waals surface area contributed by atoms with Crippen molar-refractivity contribution in [1.82, 2.24) is 9.78 Å². The third-order valence-electron chi connectivity index (χ3n) is 2.85. The summed E-state index contributed by atoms with van der Waals surface area (Å²) in [6.07, 6.45) is 4.94. The van der Waals surface area contributed by atoms with Crippen molar-refractivity contribution in [3.05, 3.63) is 45.8 Å². The van der Waals surface area contributed by atoms with Crippen LogP contribution in [0.15, 0.2) is 36.7 Å². The third-order valence-corrected chi connectivity index (χ3v) is 3.64. The molecule has 2 aromatic rings. The lowest BCUT2D eigenvalue weighted by Gasteiger charge is -2.06. The molecular weight excluding hydrogens is 399 g/mol. The number of amides is 1. The maximum atomic E-state index is 11.8. The van der Waals surface area contributed by atoms with Crippen molar-refractivity contribution in [3.63, 3.8) is 0 Å². The van der Waals surface area contributed by atoms with Gasteiger partial charge in [-0.05, 0) is 53.3 Å². The van der Waals surface area contributed by atoms with Crippen molar-refractivity contribution < 1.29 is 4.79 Å². The Morgan fingerprint density at radius 3 is 2.67 bits per heavy atom. The van der Waals surface area contributed by atoms with E-state index in [4.69, 9.17) is 18.0 Å². The van der Waals surface area contributed by atoms with Crippen LogP contribution >= 0.6 is 34.8 Å². The van der Waals surface area contributed by atoms with Gasteiger partial charge in [-0.15, -0.1) is 0 Å². The van der Waals surface area contributed by atoms with E-state index in [1.807, 2.05) is 10.9 Å². The molecule has 7 heteroatoms. The normalized spacial score (nSPS) is 10.3. The summed E-state index contributed by atoms with van der Waals surface area (Å²) >= 11 is 7.09. The van der Waals surface area contributed by atoms with Gasteiger partial charge in [0.05, 0.1) is 9.77 Å². The summed E-state index contributed by atoms with van der Waals surface area (Å²) in [4.78, 5) is 12.2. The molecule has 1 aromatic heterocycles. The fourth-order valence-corrected chi connectivity index (χ4v) is 2.39. The number of carbonyl (C=O) groups is 1. The van der Waals surface area contributed by atoms with E-state index < -0.39 is 0 Å². The highest BCUT2D eigenvalue weighted by molar-refractivity contribution is 14.1. The van der Waals surface area contributed by atoms with Crippen LogP contribution in [0, 0.1) is 3.57 Å². The van der Waals surface area contributed by atoms with E-state index in [0.717, 1.165) is 27.8 Å². The molecule has 0 radical (unpaired) electrons. The lowest BCUT2D eigenvalue weighted by atomic mass is 10.2. The monoisotopic (exact) mass is 414 g/mol. The number of halogens is 1. The van der Waals surface area contributed by atoms with Crippen molar-refractivity contribution in [1.29, 1.82) is 0 Å². The molecule has 0 saturated heterocycles. The number of carbonyl (C=O) groups excluding carboxylic acids is 1. The summed E-state index contributed by atoms with van der Waals surface area (Å²) in [7, 11) is 0. The Balaban J connectivity index is 1.77. The van der Waals surface area contributed by atoms with Gasteiger partial charge in [0.15, 0.2) is 0 Å².